The van der Waals surface area contributed by atoms with E-state index < -0.39 is 0 Å². The number of nitrogens with zero attached hydrogens (tertiary/aromatic N) is 3. The van der Waals surface area contributed by atoms with Crippen LogP contribution in [-0.4, -0.2) is 21.9 Å². The summed E-state index contributed by atoms with van der Waals surface area (Å²) in [6.07, 6.45) is 0. The summed E-state index contributed by atoms with van der Waals surface area (Å²) in [5.74, 6) is 2.44. The van der Waals surface area contributed by atoms with Crippen molar-refractivity contribution in [2.75, 3.05) is 7.11 Å². The van der Waals surface area contributed by atoms with Crippen molar-refractivity contribution < 1.29 is 4.74 Å². The number of rotatable bonds is 4. The van der Waals surface area contributed by atoms with Crippen molar-refractivity contribution in [2.24, 2.45) is 5.73 Å². The van der Waals surface area contributed by atoms with Crippen LogP contribution >= 0.6 is 11.6 Å². The molecule has 5 nitrogen and oxygen atoms in total. The summed E-state index contributed by atoms with van der Waals surface area (Å²) < 4.78 is 7.00. The Balaban J connectivity index is 2.50. The molecule has 1 heterocycles. The average Bonchev–Trinajstić information content (AvgIpc) is 2.82. The first-order valence-electron chi connectivity index (χ1n) is 5.57. The number of nitrogens with two attached hydrogens (primary N) is 1. The van der Waals surface area contributed by atoms with E-state index in [1.54, 1.807) is 7.11 Å². The Kier molecular flexibility index (Phi) is 3.84. The molecule has 2 N–H and O–H groups in total. The van der Waals surface area contributed by atoms with E-state index in [1.165, 1.54) is 0 Å². The van der Waals surface area contributed by atoms with Crippen molar-refractivity contribution in [3.63, 3.8) is 0 Å². The molecule has 0 fully saturated rings. The van der Waals surface area contributed by atoms with Crippen LogP contribution in [0.15, 0.2) is 24.3 Å². The smallest absolute Gasteiger partial charge is 0.154 e. The molecule has 2 aromatic rings. The van der Waals surface area contributed by atoms with E-state index in [4.69, 9.17) is 22.1 Å². The van der Waals surface area contributed by atoms with Crippen LogP contribution in [0.25, 0.3) is 5.69 Å². The fraction of sp³-hybridized carbons (Fsp3) is 0.333. The van der Waals surface area contributed by atoms with Gasteiger partial charge in [-0.3, -0.25) is 4.57 Å². The van der Waals surface area contributed by atoms with E-state index in [9.17, 15) is 0 Å². The lowest BCUT2D eigenvalue weighted by Gasteiger charge is -2.11. The molecule has 0 amide bonds. The molecule has 18 heavy (non-hydrogen) atoms. The molecule has 0 aliphatic rings. The predicted molar refractivity (Wildman–Crippen MR) is 70.1 cm³/mol. The van der Waals surface area contributed by atoms with E-state index >= 15 is 0 Å². The van der Waals surface area contributed by atoms with Gasteiger partial charge in [-0.2, -0.15) is 0 Å². The number of hydrogen-bond donors (Lipinski definition) is 1. The zero-order chi connectivity index (χ0) is 13.1. The molecule has 0 radical (unpaired) electrons. The van der Waals surface area contributed by atoms with Gasteiger partial charge in [-0.15, -0.1) is 21.8 Å². The van der Waals surface area contributed by atoms with Gasteiger partial charge in [0.05, 0.1) is 19.0 Å². The number of benzene rings is 1. The summed E-state index contributed by atoms with van der Waals surface area (Å²) in [5, 5.41) is 8.12. The Hall–Kier alpha value is -1.59. The number of alkyl halides is 1. The van der Waals surface area contributed by atoms with Crippen LogP contribution in [0.3, 0.4) is 0 Å². The van der Waals surface area contributed by atoms with Gasteiger partial charge in [-0.05, 0) is 31.2 Å². The molecule has 0 saturated heterocycles. The molecule has 0 bridgehead atoms. The van der Waals surface area contributed by atoms with Crippen LogP contribution in [0, 0.1) is 0 Å². The lowest BCUT2D eigenvalue weighted by Crippen LogP contribution is -2.13. The normalized spacial score (nSPS) is 12.4. The molecule has 1 unspecified atom stereocenters. The van der Waals surface area contributed by atoms with Gasteiger partial charge in [0, 0.05) is 5.69 Å². The van der Waals surface area contributed by atoms with Gasteiger partial charge in [0.2, 0.25) is 0 Å². The van der Waals surface area contributed by atoms with Crippen LogP contribution in [0.1, 0.15) is 24.6 Å². The van der Waals surface area contributed by atoms with E-state index in [-0.39, 0.29) is 11.9 Å². The van der Waals surface area contributed by atoms with E-state index in [1.807, 2.05) is 35.8 Å². The highest BCUT2D eigenvalue weighted by atomic mass is 35.5. The minimum absolute atomic E-state index is 0.212. The van der Waals surface area contributed by atoms with Gasteiger partial charge in [-0.1, -0.05) is 0 Å². The molecule has 1 aromatic carbocycles. The van der Waals surface area contributed by atoms with Crippen molar-refractivity contribution in [1.82, 2.24) is 14.8 Å². The second-order valence-corrected chi connectivity index (χ2v) is 4.20. The molecule has 1 atom stereocenters. The molecule has 0 aliphatic heterocycles. The maximum atomic E-state index is 5.88. The highest BCUT2D eigenvalue weighted by Crippen LogP contribution is 2.20. The van der Waals surface area contributed by atoms with Crippen LogP contribution in [0.2, 0.25) is 0 Å². The number of halogens is 1. The number of hydrogen-bond acceptors (Lipinski definition) is 4. The number of methoxy groups -OCH3 is 1. The van der Waals surface area contributed by atoms with Gasteiger partial charge < -0.3 is 10.5 Å². The van der Waals surface area contributed by atoms with E-state index in [0.29, 0.717) is 11.6 Å². The fourth-order valence-electron chi connectivity index (χ4n) is 1.72. The SMILES string of the molecule is COc1ccc(-n2c(CCl)nnc2C(C)N)cc1. The zero-order valence-corrected chi connectivity index (χ0v) is 11.1. The predicted octanol–water partition coefficient (Wildman–Crippen LogP) is 2.03. The van der Waals surface area contributed by atoms with E-state index in [2.05, 4.69) is 10.2 Å². The largest absolute Gasteiger partial charge is 0.497 e. The fourth-order valence-corrected chi connectivity index (χ4v) is 1.90. The lowest BCUT2D eigenvalue weighted by atomic mass is 10.2. The summed E-state index contributed by atoms with van der Waals surface area (Å²) in [6.45, 7) is 1.86. The topological polar surface area (TPSA) is 66.0 Å². The van der Waals surface area contributed by atoms with Gasteiger partial charge in [0.1, 0.15) is 5.75 Å². The Morgan fingerprint density at radius 1 is 1.33 bits per heavy atom. The van der Waals surface area contributed by atoms with Crippen LogP contribution in [0.5, 0.6) is 5.75 Å². The molecule has 1 aromatic heterocycles. The first kappa shape index (κ1) is 12.9. The number of ether oxygens (including phenoxy) is 1. The summed E-state index contributed by atoms with van der Waals surface area (Å²) in [5.41, 5.74) is 6.81. The Bertz CT molecular complexity index is 521. The Morgan fingerprint density at radius 3 is 2.50 bits per heavy atom. The lowest BCUT2D eigenvalue weighted by molar-refractivity contribution is 0.414. The molecular formula is C12H15ClN4O. The standard InChI is InChI=1S/C12H15ClN4O/c1-8(14)12-16-15-11(7-13)17(12)9-3-5-10(18-2)6-4-9/h3-6,8H,7,14H2,1-2H3. The van der Waals surface area contributed by atoms with Crippen molar-refractivity contribution in [2.45, 2.75) is 18.8 Å². The molecule has 2 rings (SSSR count). The molecule has 6 heteroatoms. The monoisotopic (exact) mass is 266 g/mol. The molecule has 0 aliphatic carbocycles. The summed E-state index contributed by atoms with van der Waals surface area (Å²) in [6, 6.07) is 7.38. The van der Waals surface area contributed by atoms with Crippen molar-refractivity contribution in [1.29, 1.82) is 0 Å². The van der Waals surface area contributed by atoms with E-state index in [0.717, 1.165) is 11.4 Å². The minimum atomic E-state index is -0.212. The van der Waals surface area contributed by atoms with Crippen molar-refractivity contribution in [3.05, 3.63) is 35.9 Å². The highest BCUT2D eigenvalue weighted by molar-refractivity contribution is 6.16. The van der Waals surface area contributed by atoms with Crippen LogP contribution in [-0.2, 0) is 5.88 Å². The van der Waals surface area contributed by atoms with Gasteiger partial charge >= 0.3 is 0 Å². The second-order valence-electron chi connectivity index (χ2n) is 3.93. The third-order valence-corrected chi connectivity index (χ3v) is 2.85. The zero-order valence-electron chi connectivity index (χ0n) is 10.3. The molecule has 0 saturated carbocycles. The third kappa shape index (κ3) is 2.32. The van der Waals surface area contributed by atoms with Crippen molar-refractivity contribution >= 4 is 11.6 Å². The van der Waals surface area contributed by atoms with Gasteiger partial charge in [0.15, 0.2) is 11.6 Å². The summed E-state index contributed by atoms with van der Waals surface area (Å²) >= 11 is 5.87. The molecular weight excluding hydrogens is 252 g/mol. The van der Waals surface area contributed by atoms with Crippen LogP contribution < -0.4 is 10.5 Å². The first-order chi connectivity index (χ1) is 8.67. The number of aromatic nitrogens is 3. The molecule has 0 spiro atoms. The first-order valence-corrected chi connectivity index (χ1v) is 6.11. The van der Waals surface area contributed by atoms with Gasteiger partial charge in [-0.25, -0.2) is 0 Å². The highest BCUT2D eigenvalue weighted by Gasteiger charge is 2.15. The summed E-state index contributed by atoms with van der Waals surface area (Å²) in [4.78, 5) is 0. The minimum Gasteiger partial charge on any atom is -0.497 e. The second kappa shape index (κ2) is 5.37. The maximum absolute atomic E-state index is 5.88. The molecule has 96 valence electrons. The summed E-state index contributed by atoms with van der Waals surface area (Å²) in [7, 11) is 1.63. The van der Waals surface area contributed by atoms with Crippen molar-refractivity contribution in [3.8, 4) is 11.4 Å². The Labute approximate surface area is 111 Å². The van der Waals surface area contributed by atoms with Crippen LogP contribution in [0.4, 0.5) is 0 Å². The third-order valence-electron chi connectivity index (χ3n) is 2.61. The average molecular weight is 267 g/mol. The van der Waals surface area contributed by atoms with Gasteiger partial charge in [0.25, 0.3) is 0 Å². The quantitative estimate of drug-likeness (QED) is 0.860. The Morgan fingerprint density at radius 2 is 2.00 bits per heavy atom. The maximum Gasteiger partial charge on any atom is 0.154 e.